The van der Waals surface area contributed by atoms with Crippen LogP contribution < -0.4 is 11.0 Å². The van der Waals surface area contributed by atoms with Gasteiger partial charge in [-0.1, -0.05) is 0 Å². The van der Waals surface area contributed by atoms with Gasteiger partial charge in [0.1, 0.15) is 11.4 Å². The molecule has 1 saturated carbocycles. The lowest BCUT2D eigenvalue weighted by Gasteiger charge is -2.27. The van der Waals surface area contributed by atoms with Crippen molar-refractivity contribution in [2.75, 3.05) is 6.54 Å². The molecule has 0 radical (unpaired) electrons. The molecule has 1 aliphatic carbocycles. The molecule has 2 aliphatic rings. The van der Waals surface area contributed by atoms with Crippen LogP contribution in [0.2, 0.25) is 0 Å². The molecule has 2 aromatic heterocycles. The van der Waals surface area contributed by atoms with Gasteiger partial charge in [0, 0.05) is 49.7 Å². The minimum absolute atomic E-state index is 0.109. The van der Waals surface area contributed by atoms with Gasteiger partial charge in [-0.15, -0.1) is 0 Å². The summed E-state index contributed by atoms with van der Waals surface area (Å²) in [4.78, 5) is 45.3. The highest BCUT2D eigenvalue weighted by atomic mass is 16.6. The monoisotopic (exact) mass is 394 g/mol. The largest absolute Gasteiger partial charge is 0.464 e. The van der Waals surface area contributed by atoms with Gasteiger partial charge >= 0.3 is 0 Å². The minimum Gasteiger partial charge on any atom is -0.464 e. The van der Waals surface area contributed by atoms with Crippen molar-refractivity contribution >= 4 is 16.7 Å². The predicted octanol–water partition coefficient (Wildman–Crippen LogP) is 2.22. The third-order valence-corrected chi connectivity index (χ3v) is 5.56. The number of fused-ring (bicyclic) bond motifs is 2. The molecule has 3 heterocycles. The van der Waals surface area contributed by atoms with E-state index in [2.05, 4.69) is 9.97 Å². The van der Waals surface area contributed by atoms with E-state index in [0.717, 1.165) is 24.4 Å². The maximum Gasteiger partial charge on any atom is 0.270 e. The fraction of sp³-hybridized carbons (Fsp3) is 0.350. The summed E-state index contributed by atoms with van der Waals surface area (Å²) in [5.41, 5.74) is 1.63. The number of aromatic amines is 1. The van der Waals surface area contributed by atoms with E-state index in [1.54, 1.807) is 0 Å². The summed E-state index contributed by atoms with van der Waals surface area (Å²) >= 11 is 0. The first-order valence-electron chi connectivity index (χ1n) is 9.53. The van der Waals surface area contributed by atoms with Gasteiger partial charge in [0.15, 0.2) is 5.43 Å². The van der Waals surface area contributed by atoms with Gasteiger partial charge in [0.25, 0.3) is 11.2 Å². The summed E-state index contributed by atoms with van der Waals surface area (Å²) in [6.45, 7) is 1.36. The molecule has 0 spiro atoms. The van der Waals surface area contributed by atoms with Gasteiger partial charge < -0.3 is 9.40 Å². The van der Waals surface area contributed by atoms with Crippen molar-refractivity contribution < 1.29 is 9.34 Å². The number of nitro benzene ring substituents is 1. The Morgan fingerprint density at radius 1 is 1.31 bits per heavy atom. The molecule has 0 saturated heterocycles. The van der Waals surface area contributed by atoms with Crippen molar-refractivity contribution in [1.29, 1.82) is 0 Å². The Hall–Kier alpha value is -3.33. The topological polar surface area (TPSA) is 122 Å². The third-order valence-electron chi connectivity index (χ3n) is 5.56. The van der Waals surface area contributed by atoms with E-state index in [0.29, 0.717) is 48.7 Å². The van der Waals surface area contributed by atoms with E-state index in [1.165, 1.54) is 24.5 Å². The van der Waals surface area contributed by atoms with Crippen LogP contribution in [0.5, 0.6) is 0 Å². The van der Waals surface area contributed by atoms with E-state index < -0.39 is 4.92 Å². The molecular weight excluding hydrogens is 376 g/mol. The van der Waals surface area contributed by atoms with Gasteiger partial charge in [0.05, 0.1) is 27.8 Å². The molecule has 9 nitrogen and oxygen atoms in total. The van der Waals surface area contributed by atoms with Crippen LogP contribution in [0.1, 0.15) is 41.4 Å². The van der Waals surface area contributed by atoms with Gasteiger partial charge in [-0.2, -0.15) is 0 Å². The fourth-order valence-corrected chi connectivity index (χ4v) is 3.81. The number of H-pyrrole nitrogens is 1. The molecule has 9 heteroatoms. The molecule has 0 bridgehead atoms. The van der Waals surface area contributed by atoms with Gasteiger partial charge in [-0.05, 0) is 18.9 Å². The number of aromatic nitrogens is 2. The zero-order valence-electron chi connectivity index (χ0n) is 15.5. The molecule has 148 valence electrons. The summed E-state index contributed by atoms with van der Waals surface area (Å²) < 4.78 is 5.51. The molecule has 5 rings (SSSR count). The molecule has 1 aliphatic heterocycles. The number of hydrogen-bond acceptors (Lipinski definition) is 7. The smallest absolute Gasteiger partial charge is 0.270 e. The van der Waals surface area contributed by atoms with Crippen LogP contribution in [0.3, 0.4) is 0 Å². The summed E-state index contributed by atoms with van der Waals surface area (Å²) in [7, 11) is 0. The molecular formula is C20H18N4O5. The highest BCUT2D eigenvalue weighted by Crippen LogP contribution is 2.37. The molecule has 3 aromatic rings. The van der Waals surface area contributed by atoms with E-state index in [4.69, 9.17) is 4.42 Å². The summed E-state index contributed by atoms with van der Waals surface area (Å²) in [6.07, 6.45) is 4.18. The quantitative estimate of drug-likeness (QED) is 0.532. The summed E-state index contributed by atoms with van der Waals surface area (Å²) in [5.74, 6) is 1.18. The number of hydrogen-bond donors (Lipinski definition) is 1. The Bertz CT molecular complexity index is 1260. The SMILES string of the molecule is O=c1[nH]c(C2CC2)nc2c1CN(Cc1coc3ccc([N+](=O)[O-])cc3c1=O)CC2. The lowest BCUT2D eigenvalue weighted by molar-refractivity contribution is -0.384. The predicted molar refractivity (Wildman–Crippen MR) is 104 cm³/mol. The second kappa shape index (κ2) is 6.63. The number of benzene rings is 1. The average Bonchev–Trinajstić information content (AvgIpc) is 3.55. The minimum atomic E-state index is -0.539. The van der Waals surface area contributed by atoms with Crippen LogP contribution >= 0.6 is 0 Å². The molecule has 1 aromatic carbocycles. The van der Waals surface area contributed by atoms with Crippen molar-refractivity contribution in [2.45, 2.75) is 38.3 Å². The van der Waals surface area contributed by atoms with Crippen LogP contribution in [0.4, 0.5) is 5.69 Å². The number of nitrogens with zero attached hydrogens (tertiary/aromatic N) is 3. The zero-order valence-corrected chi connectivity index (χ0v) is 15.5. The summed E-state index contributed by atoms with van der Waals surface area (Å²) in [5, 5.41) is 11.2. The Balaban J connectivity index is 1.43. The molecule has 1 N–H and O–H groups in total. The maximum absolute atomic E-state index is 12.8. The standard InChI is InChI=1S/C20H18N4O5/c25-18-12(10-29-17-4-3-13(24(27)28)7-14(17)18)8-23-6-5-16-15(9-23)20(26)22-19(21-16)11-1-2-11/h3-4,7,10-11H,1-2,5-6,8-9H2,(H,21,22,26). The lowest BCUT2D eigenvalue weighted by atomic mass is 10.1. The van der Waals surface area contributed by atoms with Gasteiger partial charge in [-0.3, -0.25) is 24.6 Å². The second-order valence-corrected chi connectivity index (χ2v) is 7.64. The van der Waals surface area contributed by atoms with Crippen molar-refractivity contribution in [3.05, 3.63) is 77.8 Å². The van der Waals surface area contributed by atoms with E-state index in [1.807, 2.05) is 4.90 Å². The average molecular weight is 394 g/mol. The number of non-ortho nitro benzene ring substituents is 1. The third kappa shape index (κ3) is 3.23. The van der Waals surface area contributed by atoms with Gasteiger partial charge in [0.2, 0.25) is 0 Å². The van der Waals surface area contributed by atoms with Crippen LogP contribution in [0, 0.1) is 10.1 Å². The highest BCUT2D eigenvalue weighted by Gasteiger charge is 2.29. The fourth-order valence-electron chi connectivity index (χ4n) is 3.81. The zero-order chi connectivity index (χ0) is 20.1. The molecule has 29 heavy (non-hydrogen) atoms. The molecule has 0 unspecified atom stereocenters. The Labute approximate surface area is 164 Å². The number of nitrogens with one attached hydrogen (secondary N) is 1. The first-order chi connectivity index (χ1) is 14.0. The first-order valence-corrected chi connectivity index (χ1v) is 9.53. The van der Waals surface area contributed by atoms with Crippen LogP contribution in [-0.2, 0) is 19.5 Å². The number of nitro groups is 1. The Kier molecular flexibility index (Phi) is 4.06. The number of rotatable bonds is 4. The van der Waals surface area contributed by atoms with Crippen molar-refractivity contribution in [3.8, 4) is 0 Å². The van der Waals surface area contributed by atoms with E-state index in [9.17, 15) is 19.7 Å². The molecule has 0 atom stereocenters. The van der Waals surface area contributed by atoms with Crippen LogP contribution in [-0.4, -0.2) is 26.3 Å². The van der Waals surface area contributed by atoms with Gasteiger partial charge in [-0.25, -0.2) is 4.98 Å². The molecule has 0 amide bonds. The molecule has 1 fully saturated rings. The van der Waals surface area contributed by atoms with Crippen LogP contribution in [0.15, 0.2) is 38.5 Å². The van der Waals surface area contributed by atoms with E-state index in [-0.39, 0.29) is 22.1 Å². The highest BCUT2D eigenvalue weighted by molar-refractivity contribution is 5.79. The Morgan fingerprint density at radius 2 is 2.14 bits per heavy atom. The first kappa shape index (κ1) is 17.7. The van der Waals surface area contributed by atoms with Crippen molar-refractivity contribution in [1.82, 2.24) is 14.9 Å². The van der Waals surface area contributed by atoms with E-state index >= 15 is 0 Å². The van der Waals surface area contributed by atoms with Crippen molar-refractivity contribution in [2.24, 2.45) is 0 Å². The maximum atomic E-state index is 12.8. The lowest BCUT2D eigenvalue weighted by Crippen LogP contribution is -2.36. The summed E-state index contributed by atoms with van der Waals surface area (Å²) in [6, 6.07) is 3.98. The second-order valence-electron chi connectivity index (χ2n) is 7.64. The van der Waals surface area contributed by atoms with Crippen LogP contribution in [0.25, 0.3) is 11.0 Å². The normalized spacial score (nSPS) is 16.7. The Morgan fingerprint density at radius 3 is 2.90 bits per heavy atom. The van der Waals surface area contributed by atoms with Crippen molar-refractivity contribution in [3.63, 3.8) is 0 Å².